The molecule has 0 aliphatic rings. The molecule has 2 aromatic heterocycles. The summed E-state index contributed by atoms with van der Waals surface area (Å²) in [6.07, 6.45) is 0. The van der Waals surface area contributed by atoms with E-state index in [2.05, 4.69) is 10.6 Å². The number of hydrogen-bond acceptors (Lipinski definition) is 6. The Morgan fingerprint density at radius 1 is 0.500 bits per heavy atom. The number of amides is 2. The van der Waals surface area contributed by atoms with Gasteiger partial charge in [0.25, 0.3) is 11.8 Å². The maximum absolute atomic E-state index is 13.9. The van der Waals surface area contributed by atoms with Gasteiger partial charge in [-0.1, -0.05) is 36.4 Å². The van der Waals surface area contributed by atoms with Gasteiger partial charge < -0.3 is 20.1 Å². The third kappa shape index (κ3) is 6.10. The molecule has 246 valence electrons. The number of benzene rings is 5. The predicted molar refractivity (Wildman–Crippen MR) is 199 cm³/mol. The topological polar surface area (TPSA) is 102 Å². The number of nitrogens with one attached hydrogen (secondary N) is 2. The fourth-order valence-corrected chi connectivity index (χ4v) is 6.28. The summed E-state index contributed by atoms with van der Waals surface area (Å²) in [7, 11) is 3.25. The molecule has 0 unspecified atom stereocenters. The zero-order valence-corrected chi connectivity index (χ0v) is 28.1. The summed E-state index contributed by atoms with van der Waals surface area (Å²) >= 11 is 0. The highest BCUT2D eigenvalue weighted by Gasteiger charge is 2.21. The molecule has 0 bridgehead atoms. The van der Waals surface area contributed by atoms with Crippen LogP contribution in [-0.2, 0) is 0 Å². The van der Waals surface area contributed by atoms with Crippen LogP contribution in [0.1, 0.15) is 31.8 Å². The number of carbonyl (C=O) groups excluding carboxylic acids is 2. The summed E-state index contributed by atoms with van der Waals surface area (Å²) in [4.78, 5) is 37.6. The minimum atomic E-state index is -0.252. The van der Waals surface area contributed by atoms with E-state index >= 15 is 0 Å². The van der Waals surface area contributed by atoms with Gasteiger partial charge in [0.2, 0.25) is 0 Å². The molecule has 0 saturated carbocycles. The number of para-hydroxylation sites is 2. The Bertz CT molecular complexity index is 2220. The fraction of sp³-hybridized carbons (Fsp3) is 0.0952. The van der Waals surface area contributed by atoms with Gasteiger partial charge in [-0.25, -0.2) is 9.97 Å². The molecular weight excluding hydrogens is 624 g/mol. The number of methoxy groups -OCH3 is 2. The summed E-state index contributed by atoms with van der Waals surface area (Å²) in [5.41, 5.74) is 8.48. The number of carbonyl (C=O) groups is 2. The second kappa shape index (κ2) is 13.5. The smallest absolute Gasteiger partial charge is 0.256 e. The van der Waals surface area contributed by atoms with Crippen LogP contribution in [-0.4, -0.2) is 36.0 Å². The summed E-state index contributed by atoms with van der Waals surface area (Å²) < 4.78 is 10.6. The van der Waals surface area contributed by atoms with Gasteiger partial charge in [-0.3, -0.25) is 9.59 Å². The molecule has 8 nitrogen and oxygen atoms in total. The fourth-order valence-electron chi connectivity index (χ4n) is 6.28. The van der Waals surface area contributed by atoms with Gasteiger partial charge in [0.15, 0.2) is 0 Å². The van der Waals surface area contributed by atoms with Crippen molar-refractivity contribution in [3.63, 3.8) is 0 Å². The van der Waals surface area contributed by atoms with Crippen molar-refractivity contribution in [2.45, 2.75) is 13.8 Å². The van der Waals surface area contributed by atoms with Gasteiger partial charge >= 0.3 is 0 Å². The van der Waals surface area contributed by atoms with Crippen LogP contribution in [0.3, 0.4) is 0 Å². The summed E-state index contributed by atoms with van der Waals surface area (Å²) in [5, 5.41) is 7.62. The molecule has 5 aromatic carbocycles. The number of hydrogen-bond donors (Lipinski definition) is 2. The number of pyridine rings is 2. The van der Waals surface area contributed by atoms with Crippen LogP contribution in [0.5, 0.6) is 11.5 Å². The van der Waals surface area contributed by atoms with Crippen molar-refractivity contribution in [3.05, 3.63) is 144 Å². The molecule has 50 heavy (non-hydrogen) atoms. The van der Waals surface area contributed by atoms with Crippen LogP contribution in [0.2, 0.25) is 0 Å². The lowest BCUT2D eigenvalue weighted by atomic mass is 9.97. The van der Waals surface area contributed by atoms with E-state index in [0.29, 0.717) is 22.5 Å². The first-order valence-electron chi connectivity index (χ1n) is 16.1. The molecular formula is C42H34N4O4. The van der Waals surface area contributed by atoms with E-state index in [-0.39, 0.29) is 11.8 Å². The average molecular weight is 659 g/mol. The zero-order valence-electron chi connectivity index (χ0n) is 28.1. The van der Waals surface area contributed by atoms with E-state index in [1.54, 1.807) is 38.5 Å². The third-order valence-corrected chi connectivity index (χ3v) is 8.85. The average Bonchev–Trinajstić information content (AvgIpc) is 3.15. The van der Waals surface area contributed by atoms with Crippen LogP contribution >= 0.6 is 0 Å². The Labute approximate surface area is 289 Å². The van der Waals surface area contributed by atoms with Crippen molar-refractivity contribution in [2.75, 3.05) is 24.9 Å². The minimum absolute atomic E-state index is 0.252. The van der Waals surface area contributed by atoms with Crippen molar-refractivity contribution in [1.82, 2.24) is 9.97 Å². The largest absolute Gasteiger partial charge is 0.497 e. The van der Waals surface area contributed by atoms with Crippen LogP contribution in [0.25, 0.3) is 44.3 Å². The molecule has 8 heteroatoms. The molecule has 2 amide bonds. The molecule has 7 rings (SSSR count). The predicted octanol–water partition coefficient (Wildman–Crippen LogP) is 9.26. The number of rotatable bonds is 8. The van der Waals surface area contributed by atoms with E-state index in [0.717, 1.165) is 66.9 Å². The Morgan fingerprint density at radius 3 is 1.22 bits per heavy atom. The third-order valence-electron chi connectivity index (χ3n) is 8.85. The Kier molecular flexibility index (Phi) is 8.66. The maximum atomic E-state index is 13.9. The lowest BCUT2D eigenvalue weighted by Crippen LogP contribution is -2.16. The monoisotopic (exact) mass is 658 g/mol. The van der Waals surface area contributed by atoms with Crippen molar-refractivity contribution in [2.24, 2.45) is 0 Å². The van der Waals surface area contributed by atoms with Crippen LogP contribution < -0.4 is 20.1 Å². The van der Waals surface area contributed by atoms with Crippen LogP contribution in [0, 0.1) is 13.8 Å². The summed E-state index contributed by atoms with van der Waals surface area (Å²) in [6.45, 7) is 3.83. The van der Waals surface area contributed by atoms with Crippen molar-refractivity contribution in [3.8, 4) is 34.0 Å². The highest BCUT2D eigenvalue weighted by molar-refractivity contribution is 6.16. The van der Waals surface area contributed by atoms with Gasteiger partial charge in [0, 0.05) is 33.3 Å². The first kappa shape index (κ1) is 32.0. The van der Waals surface area contributed by atoms with E-state index < -0.39 is 0 Å². The molecule has 7 aromatic rings. The summed E-state index contributed by atoms with van der Waals surface area (Å²) in [6, 6.07) is 37.6. The maximum Gasteiger partial charge on any atom is 0.256 e. The first-order chi connectivity index (χ1) is 24.3. The molecule has 2 heterocycles. The van der Waals surface area contributed by atoms with Crippen molar-refractivity contribution in [1.29, 1.82) is 0 Å². The summed E-state index contributed by atoms with van der Waals surface area (Å²) in [5.74, 6) is 0.981. The SMILES string of the molecule is COc1ccc(-c2nc3ccccc3c(C(=O)Nc3ccc(NC(=O)c4c(C)c(-c5ccc(OC)cc5)nc5ccccc45)cc3)c2C)cc1. The van der Waals surface area contributed by atoms with Crippen LogP contribution in [0.4, 0.5) is 11.4 Å². The number of anilines is 2. The second-order valence-electron chi connectivity index (χ2n) is 11.9. The van der Waals surface area contributed by atoms with E-state index in [1.807, 2.05) is 111 Å². The Hall–Kier alpha value is -6.54. The second-order valence-corrected chi connectivity index (χ2v) is 11.9. The van der Waals surface area contributed by atoms with Crippen molar-refractivity contribution < 1.29 is 19.1 Å². The van der Waals surface area contributed by atoms with E-state index in [1.165, 1.54) is 0 Å². The molecule has 0 atom stereocenters. The number of fused-ring (bicyclic) bond motifs is 2. The van der Waals surface area contributed by atoms with E-state index in [9.17, 15) is 9.59 Å². The standard InChI is InChI=1S/C42H34N4O4/c1-25-37(33-9-5-7-11-35(33)45-39(25)27-13-21-31(49-3)22-14-27)41(47)43-29-17-19-30(20-18-29)44-42(48)38-26(2)40(28-15-23-32(50-4)24-16-28)46-36-12-8-6-10-34(36)38/h5-24H,1-4H3,(H,43,47)(H,44,48). The first-order valence-corrected chi connectivity index (χ1v) is 16.1. The highest BCUT2D eigenvalue weighted by atomic mass is 16.5. The molecule has 2 N–H and O–H groups in total. The number of nitrogens with zero attached hydrogens (tertiary/aromatic N) is 2. The molecule has 0 aliphatic heterocycles. The molecule has 0 aliphatic carbocycles. The lowest BCUT2D eigenvalue weighted by Gasteiger charge is -2.16. The lowest BCUT2D eigenvalue weighted by molar-refractivity contribution is 0.101. The van der Waals surface area contributed by atoms with E-state index in [4.69, 9.17) is 19.4 Å². The van der Waals surface area contributed by atoms with Gasteiger partial charge in [-0.05, 0) is 110 Å². The molecule has 0 radical (unpaired) electrons. The molecule has 0 spiro atoms. The van der Waals surface area contributed by atoms with Gasteiger partial charge in [-0.15, -0.1) is 0 Å². The van der Waals surface area contributed by atoms with Crippen LogP contribution in [0.15, 0.2) is 121 Å². The minimum Gasteiger partial charge on any atom is -0.497 e. The highest BCUT2D eigenvalue weighted by Crippen LogP contribution is 2.33. The molecule has 0 saturated heterocycles. The Balaban J connectivity index is 1.15. The van der Waals surface area contributed by atoms with Gasteiger partial charge in [0.05, 0.1) is 47.8 Å². The zero-order chi connectivity index (χ0) is 34.8. The quantitative estimate of drug-likeness (QED) is 0.169. The number of ether oxygens (including phenoxy) is 2. The number of aromatic nitrogens is 2. The normalized spacial score (nSPS) is 11.0. The molecule has 0 fully saturated rings. The van der Waals surface area contributed by atoms with Crippen molar-refractivity contribution >= 4 is 45.0 Å². The Morgan fingerprint density at radius 2 is 0.860 bits per heavy atom. The van der Waals surface area contributed by atoms with Gasteiger partial charge in [-0.2, -0.15) is 0 Å². The van der Waals surface area contributed by atoms with Gasteiger partial charge in [0.1, 0.15) is 11.5 Å².